The Morgan fingerprint density at radius 3 is 2.80 bits per heavy atom. The molecule has 1 aliphatic heterocycles. The van der Waals surface area contributed by atoms with Crippen LogP contribution in [0.1, 0.15) is 33.1 Å². The van der Waals surface area contributed by atoms with E-state index in [9.17, 15) is 4.79 Å². The summed E-state index contributed by atoms with van der Waals surface area (Å²) in [5, 5.41) is 3.02. The highest BCUT2D eigenvalue weighted by Crippen LogP contribution is 2.17. The standard InChI is InChI=1S/C14H29N3OS.ClH/c1-11(2)17-7-4-5-12(10-17)9-16-14(18)13(15)6-8-19-3;/h11-13H,4-10,15H2,1-3H3,(H,16,18);1H/t12?,13-;/m0./s1. The number of thioether (sulfide) groups is 1. The number of amides is 1. The molecular formula is C14H30ClN3OS. The van der Waals surface area contributed by atoms with E-state index in [1.165, 1.54) is 19.4 Å². The van der Waals surface area contributed by atoms with Crippen molar-refractivity contribution in [3.8, 4) is 0 Å². The molecule has 3 N–H and O–H groups in total. The number of piperidine rings is 1. The molecule has 120 valence electrons. The normalized spacial score (nSPS) is 21.4. The van der Waals surface area contributed by atoms with Crippen molar-refractivity contribution in [3.05, 3.63) is 0 Å². The molecule has 1 heterocycles. The Balaban J connectivity index is 0.00000361. The van der Waals surface area contributed by atoms with Crippen LogP contribution in [-0.2, 0) is 4.79 Å². The summed E-state index contributed by atoms with van der Waals surface area (Å²) in [7, 11) is 0. The first-order valence-electron chi connectivity index (χ1n) is 7.30. The first-order valence-corrected chi connectivity index (χ1v) is 8.70. The van der Waals surface area contributed by atoms with E-state index in [1.807, 2.05) is 6.26 Å². The Morgan fingerprint density at radius 2 is 2.20 bits per heavy atom. The topological polar surface area (TPSA) is 58.4 Å². The SMILES string of the molecule is CSCC[C@H](N)C(=O)NCC1CCCN(C(C)C)C1.Cl. The Morgan fingerprint density at radius 1 is 1.50 bits per heavy atom. The summed E-state index contributed by atoms with van der Waals surface area (Å²) >= 11 is 1.73. The van der Waals surface area contributed by atoms with Crippen molar-refractivity contribution >= 4 is 30.1 Å². The summed E-state index contributed by atoms with van der Waals surface area (Å²) in [6.45, 7) is 7.53. The van der Waals surface area contributed by atoms with Crippen LogP contribution in [0.2, 0.25) is 0 Å². The van der Waals surface area contributed by atoms with Crippen LogP contribution in [0, 0.1) is 5.92 Å². The van der Waals surface area contributed by atoms with E-state index in [2.05, 4.69) is 24.1 Å². The fourth-order valence-electron chi connectivity index (χ4n) is 2.48. The molecule has 1 aliphatic rings. The third-order valence-corrected chi connectivity index (χ3v) is 4.46. The molecule has 0 aromatic carbocycles. The summed E-state index contributed by atoms with van der Waals surface area (Å²) in [4.78, 5) is 14.3. The quantitative estimate of drug-likeness (QED) is 0.749. The van der Waals surface area contributed by atoms with Crippen molar-refractivity contribution in [2.45, 2.75) is 45.2 Å². The summed E-state index contributed by atoms with van der Waals surface area (Å²) in [5.41, 5.74) is 5.86. The van der Waals surface area contributed by atoms with Gasteiger partial charge in [0, 0.05) is 19.1 Å². The first-order chi connectivity index (χ1) is 9.04. The molecule has 4 nitrogen and oxygen atoms in total. The van der Waals surface area contributed by atoms with Gasteiger partial charge in [-0.1, -0.05) is 0 Å². The molecule has 0 bridgehead atoms. The number of likely N-dealkylation sites (tertiary alicyclic amines) is 1. The maximum atomic E-state index is 11.8. The van der Waals surface area contributed by atoms with Crippen LogP contribution in [0.4, 0.5) is 0 Å². The minimum Gasteiger partial charge on any atom is -0.354 e. The largest absolute Gasteiger partial charge is 0.354 e. The molecule has 0 saturated carbocycles. The molecule has 1 saturated heterocycles. The van der Waals surface area contributed by atoms with Gasteiger partial charge in [-0.3, -0.25) is 4.79 Å². The molecule has 0 aromatic heterocycles. The monoisotopic (exact) mass is 323 g/mol. The van der Waals surface area contributed by atoms with Crippen molar-refractivity contribution in [2.75, 3.05) is 31.6 Å². The average molecular weight is 324 g/mol. The smallest absolute Gasteiger partial charge is 0.236 e. The van der Waals surface area contributed by atoms with Gasteiger partial charge in [-0.05, 0) is 57.6 Å². The van der Waals surface area contributed by atoms with Crippen LogP contribution in [-0.4, -0.2) is 54.5 Å². The van der Waals surface area contributed by atoms with Crippen LogP contribution >= 0.6 is 24.2 Å². The number of halogens is 1. The molecule has 1 fully saturated rings. The minimum atomic E-state index is -0.350. The Hall–Kier alpha value is 0.0300. The highest BCUT2D eigenvalue weighted by Gasteiger charge is 2.22. The van der Waals surface area contributed by atoms with E-state index in [0.29, 0.717) is 12.0 Å². The Kier molecular flexibility index (Phi) is 10.7. The molecule has 2 atom stereocenters. The summed E-state index contributed by atoms with van der Waals surface area (Å²) in [5.74, 6) is 1.53. The van der Waals surface area contributed by atoms with Gasteiger partial charge in [0.05, 0.1) is 6.04 Å². The van der Waals surface area contributed by atoms with Gasteiger partial charge in [-0.15, -0.1) is 12.4 Å². The average Bonchev–Trinajstić information content (AvgIpc) is 2.42. The van der Waals surface area contributed by atoms with Gasteiger partial charge in [0.25, 0.3) is 0 Å². The number of hydrogen-bond donors (Lipinski definition) is 2. The van der Waals surface area contributed by atoms with Crippen LogP contribution in [0.15, 0.2) is 0 Å². The predicted molar refractivity (Wildman–Crippen MR) is 90.7 cm³/mol. The zero-order chi connectivity index (χ0) is 14.3. The molecule has 1 unspecified atom stereocenters. The number of carbonyl (C=O) groups is 1. The minimum absolute atomic E-state index is 0. The zero-order valence-corrected chi connectivity index (χ0v) is 14.6. The Bertz CT molecular complexity index is 279. The predicted octanol–water partition coefficient (Wildman–Crippen LogP) is 1.73. The number of nitrogens with zero attached hydrogens (tertiary/aromatic N) is 1. The highest BCUT2D eigenvalue weighted by atomic mass is 35.5. The van der Waals surface area contributed by atoms with Crippen molar-refractivity contribution in [1.29, 1.82) is 0 Å². The lowest BCUT2D eigenvalue weighted by molar-refractivity contribution is -0.122. The molecule has 0 radical (unpaired) electrons. The third kappa shape index (κ3) is 7.16. The molecular weight excluding hydrogens is 294 g/mol. The van der Waals surface area contributed by atoms with Crippen LogP contribution in [0.25, 0.3) is 0 Å². The molecule has 6 heteroatoms. The lowest BCUT2D eigenvalue weighted by Gasteiger charge is -2.35. The maximum Gasteiger partial charge on any atom is 0.236 e. The lowest BCUT2D eigenvalue weighted by atomic mass is 9.97. The number of nitrogens with two attached hydrogens (primary N) is 1. The van der Waals surface area contributed by atoms with Gasteiger partial charge in [0.2, 0.25) is 5.91 Å². The fraction of sp³-hybridized carbons (Fsp3) is 0.929. The van der Waals surface area contributed by atoms with E-state index in [4.69, 9.17) is 5.73 Å². The van der Waals surface area contributed by atoms with Crippen molar-refractivity contribution in [1.82, 2.24) is 10.2 Å². The van der Waals surface area contributed by atoms with Gasteiger partial charge in [-0.25, -0.2) is 0 Å². The van der Waals surface area contributed by atoms with E-state index < -0.39 is 0 Å². The molecule has 0 spiro atoms. The zero-order valence-electron chi connectivity index (χ0n) is 12.9. The second kappa shape index (κ2) is 10.7. The molecule has 1 rings (SSSR count). The van der Waals surface area contributed by atoms with E-state index in [1.54, 1.807) is 11.8 Å². The first kappa shape index (κ1) is 20.0. The van der Waals surface area contributed by atoms with Crippen molar-refractivity contribution in [3.63, 3.8) is 0 Å². The van der Waals surface area contributed by atoms with Crippen LogP contribution < -0.4 is 11.1 Å². The number of rotatable bonds is 7. The van der Waals surface area contributed by atoms with Gasteiger partial charge < -0.3 is 16.0 Å². The van der Waals surface area contributed by atoms with E-state index in [-0.39, 0.29) is 24.4 Å². The second-order valence-corrected chi connectivity index (χ2v) is 6.72. The number of hydrogen-bond acceptors (Lipinski definition) is 4. The molecule has 1 amide bonds. The van der Waals surface area contributed by atoms with Crippen molar-refractivity contribution in [2.24, 2.45) is 11.7 Å². The number of nitrogens with one attached hydrogen (secondary N) is 1. The van der Waals surface area contributed by atoms with Gasteiger partial charge in [0.15, 0.2) is 0 Å². The molecule has 0 aromatic rings. The highest BCUT2D eigenvalue weighted by molar-refractivity contribution is 7.98. The molecule has 0 aliphatic carbocycles. The second-order valence-electron chi connectivity index (χ2n) is 5.73. The van der Waals surface area contributed by atoms with Gasteiger partial charge in [-0.2, -0.15) is 11.8 Å². The van der Waals surface area contributed by atoms with Crippen molar-refractivity contribution < 1.29 is 4.79 Å². The summed E-state index contributed by atoms with van der Waals surface area (Å²) in [6, 6.07) is 0.250. The van der Waals surface area contributed by atoms with Crippen LogP contribution in [0.5, 0.6) is 0 Å². The van der Waals surface area contributed by atoms with Gasteiger partial charge >= 0.3 is 0 Å². The Labute approximate surface area is 134 Å². The maximum absolute atomic E-state index is 11.8. The molecule has 20 heavy (non-hydrogen) atoms. The van der Waals surface area contributed by atoms with Crippen LogP contribution in [0.3, 0.4) is 0 Å². The van der Waals surface area contributed by atoms with Gasteiger partial charge in [0.1, 0.15) is 0 Å². The summed E-state index contributed by atoms with van der Waals surface area (Å²) < 4.78 is 0. The van der Waals surface area contributed by atoms with E-state index >= 15 is 0 Å². The fourth-order valence-corrected chi connectivity index (χ4v) is 2.97. The lowest BCUT2D eigenvalue weighted by Crippen LogP contribution is -2.47. The summed E-state index contributed by atoms with van der Waals surface area (Å²) in [6.07, 6.45) is 5.24. The number of carbonyl (C=O) groups excluding carboxylic acids is 1. The van der Waals surface area contributed by atoms with E-state index in [0.717, 1.165) is 25.3 Å². The third-order valence-electron chi connectivity index (χ3n) is 3.82.